The first-order chi connectivity index (χ1) is 22.8. The molecule has 1 aromatic heterocycles. The minimum absolute atomic E-state index is 0.737. The smallest absolute Gasteiger partial charge is 0.159 e. The Hall–Kier alpha value is -6.06. The first-order valence-corrected chi connectivity index (χ1v) is 15.7. The van der Waals surface area contributed by atoms with Crippen molar-refractivity contribution in [3.8, 4) is 22.3 Å². The molecule has 0 fully saturated rings. The number of nitrogens with one attached hydrogen (secondary N) is 1. The molecule has 0 radical (unpaired) electrons. The highest BCUT2D eigenvalue weighted by Crippen LogP contribution is 2.50. The molecule has 0 amide bonds. The van der Waals surface area contributed by atoms with E-state index in [4.69, 9.17) is 4.42 Å². The van der Waals surface area contributed by atoms with E-state index in [1.165, 1.54) is 11.1 Å². The number of furan rings is 1. The third-order valence-electron chi connectivity index (χ3n) is 8.48. The molecule has 1 aliphatic carbocycles. The van der Waals surface area contributed by atoms with E-state index >= 15 is 0 Å². The molecule has 0 atom stereocenters. The van der Waals surface area contributed by atoms with Gasteiger partial charge in [0.1, 0.15) is 5.76 Å². The first-order valence-electron chi connectivity index (χ1n) is 15.7. The van der Waals surface area contributed by atoms with Gasteiger partial charge in [0.25, 0.3) is 0 Å². The lowest BCUT2D eigenvalue weighted by Gasteiger charge is -2.29. The fourth-order valence-corrected chi connectivity index (χ4v) is 6.32. The minimum Gasteiger partial charge on any atom is -0.458 e. The standard InChI is InChI=1S/C43H32N2O/c1-6-16-31(17-7-1)32-26-28-36(29-27-32)45(35-22-12-4-13-23-35)39-30-38-37-24-14-5-15-25-40(37)46-43(38)42(44-34-20-10-3-11-21-34)41(39)33-18-8-2-9-19-33/h1-24,26-30,44H,25H2. The van der Waals surface area contributed by atoms with Crippen molar-refractivity contribution >= 4 is 45.5 Å². The van der Waals surface area contributed by atoms with Gasteiger partial charge in [-0.1, -0.05) is 133 Å². The summed E-state index contributed by atoms with van der Waals surface area (Å²) in [4.78, 5) is 2.37. The zero-order chi connectivity index (χ0) is 30.7. The van der Waals surface area contributed by atoms with Crippen LogP contribution in [0.15, 0.2) is 174 Å². The van der Waals surface area contributed by atoms with Crippen LogP contribution < -0.4 is 10.2 Å². The van der Waals surface area contributed by atoms with Gasteiger partial charge in [-0.05, 0) is 59.2 Å². The first kappa shape index (κ1) is 27.5. The van der Waals surface area contributed by atoms with Gasteiger partial charge in [0.2, 0.25) is 0 Å². The number of rotatable bonds is 7. The molecule has 0 bridgehead atoms. The van der Waals surface area contributed by atoms with Gasteiger partial charge >= 0.3 is 0 Å². The number of para-hydroxylation sites is 2. The van der Waals surface area contributed by atoms with E-state index in [2.05, 4.69) is 180 Å². The van der Waals surface area contributed by atoms with Gasteiger partial charge in [0.05, 0.1) is 11.4 Å². The number of nitrogens with zero attached hydrogens (tertiary/aromatic N) is 1. The van der Waals surface area contributed by atoms with Crippen LogP contribution in [-0.2, 0) is 6.42 Å². The third-order valence-corrected chi connectivity index (χ3v) is 8.48. The van der Waals surface area contributed by atoms with Gasteiger partial charge in [-0.2, -0.15) is 0 Å². The Morgan fingerprint density at radius 1 is 0.565 bits per heavy atom. The summed E-state index contributed by atoms with van der Waals surface area (Å²) in [5.74, 6) is 0.964. The molecule has 1 aliphatic rings. The lowest BCUT2D eigenvalue weighted by molar-refractivity contribution is 0.565. The number of allylic oxidation sites excluding steroid dienone is 3. The molecule has 0 saturated heterocycles. The molecular weight excluding hydrogens is 560 g/mol. The summed E-state index contributed by atoms with van der Waals surface area (Å²) < 4.78 is 6.76. The normalized spacial score (nSPS) is 12.1. The Morgan fingerprint density at radius 3 is 1.85 bits per heavy atom. The van der Waals surface area contributed by atoms with Gasteiger partial charge in [0.15, 0.2) is 5.58 Å². The van der Waals surface area contributed by atoms with E-state index in [9.17, 15) is 0 Å². The Morgan fingerprint density at radius 2 is 1.15 bits per heavy atom. The summed E-state index contributed by atoms with van der Waals surface area (Å²) in [5.41, 5.74) is 11.7. The van der Waals surface area contributed by atoms with Crippen molar-refractivity contribution in [2.45, 2.75) is 6.42 Å². The summed E-state index contributed by atoms with van der Waals surface area (Å²) >= 11 is 0. The second kappa shape index (κ2) is 12.1. The molecule has 6 aromatic carbocycles. The second-order valence-corrected chi connectivity index (χ2v) is 11.4. The van der Waals surface area contributed by atoms with Crippen molar-refractivity contribution in [2.24, 2.45) is 0 Å². The minimum atomic E-state index is 0.737. The van der Waals surface area contributed by atoms with Crippen LogP contribution in [0.2, 0.25) is 0 Å². The molecule has 3 nitrogen and oxygen atoms in total. The molecule has 1 N–H and O–H groups in total. The van der Waals surface area contributed by atoms with Crippen molar-refractivity contribution in [2.75, 3.05) is 10.2 Å². The average molecular weight is 593 g/mol. The maximum atomic E-state index is 6.76. The van der Waals surface area contributed by atoms with E-state index < -0.39 is 0 Å². The zero-order valence-corrected chi connectivity index (χ0v) is 25.3. The fraction of sp³-hybridized carbons (Fsp3) is 0.0233. The van der Waals surface area contributed by atoms with Crippen LogP contribution in [0.3, 0.4) is 0 Å². The molecule has 46 heavy (non-hydrogen) atoms. The predicted octanol–water partition coefficient (Wildman–Crippen LogP) is 12.1. The van der Waals surface area contributed by atoms with Crippen molar-refractivity contribution in [1.82, 2.24) is 0 Å². The van der Waals surface area contributed by atoms with Crippen LogP contribution in [0.4, 0.5) is 28.4 Å². The lowest BCUT2D eigenvalue weighted by atomic mass is 9.95. The molecule has 0 spiro atoms. The maximum absolute atomic E-state index is 6.76. The number of benzene rings is 6. The maximum Gasteiger partial charge on any atom is 0.159 e. The molecule has 7 aromatic rings. The molecule has 220 valence electrons. The zero-order valence-electron chi connectivity index (χ0n) is 25.3. The summed E-state index contributed by atoms with van der Waals surface area (Å²) in [6.07, 6.45) is 9.26. The van der Waals surface area contributed by atoms with Gasteiger partial charge in [-0.15, -0.1) is 0 Å². The number of fused-ring (bicyclic) bond motifs is 3. The Labute approximate surface area is 269 Å². The lowest BCUT2D eigenvalue weighted by Crippen LogP contribution is -2.12. The highest BCUT2D eigenvalue weighted by Gasteiger charge is 2.26. The number of hydrogen-bond donors (Lipinski definition) is 1. The van der Waals surface area contributed by atoms with E-state index in [0.717, 1.165) is 68.3 Å². The quantitative estimate of drug-likeness (QED) is 0.200. The van der Waals surface area contributed by atoms with Crippen LogP contribution >= 0.6 is 0 Å². The van der Waals surface area contributed by atoms with Crippen LogP contribution in [0.5, 0.6) is 0 Å². The fourth-order valence-electron chi connectivity index (χ4n) is 6.32. The summed E-state index contributed by atoms with van der Waals surface area (Å²) in [7, 11) is 0. The molecular formula is C43H32N2O. The largest absolute Gasteiger partial charge is 0.458 e. The van der Waals surface area contributed by atoms with Gasteiger partial charge < -0.3 is 14.6 Å². The van der Waals surface area contributed by atoms with Crippen molar-refractivity contribution in [3.05, 3.63) is 181 Å². The van der Waals surface area contributed by atoms with Gasteiger partial charge in [-0.3, -0.25) is 0 Å². The van der Waals surface area contributed by atoms with E-state index in [0.29, 0.717) is 0 Å². The Bertz CT molecular complexity index is 2160. The van der Waals surface area contributed by atoms with Crippen molar-refractivity contribution in [1.29, 1.82) is 0 Å². The highest BCUT2D eigenvalue weighted by molar-refractivity contribution is 6.10. The van der Waals surface area contributed by atoms with E-state index in [1.807, 2.05) is 6.07 Å². The van der Waals surface area contributed by atoms with Gasteiger partial charge in [-0.25, -0.2) is 0 Å². The molecule has 8 rings (SSSR count). The van der Waals surface area contributed by atoms with Gasteiger partial charge in [0, 0.05) is 40.0 Å². The third kappa shape index (κ3) is 5.18. The molecule has 3 heteroatoms. The monoisotopic (exact) mass is 592 g/mol. The van der Waals surface area contributed by atoms with Crippen LogP contribution in [-0.4, -0.2) is 0 Å². The molecule has 0 saturated carbocycles. The topological polar surface area (TPSA) is 28.4 Å². The Balaban J connectivity index is 1.43. The molecule has 0 aliphatic heterocycles. The number of anilines is 5. The van der Waals surface area contributed by atoms with E-state index in [1.54, 1.807) is 0 Å². The predicted molar refractivity (Wildman–Crippen MR) is 193 cm³/mol. The SMILES string of the molecule is C1=CCc2oc3c(Nc4ccccc4)c(-c4ccccc4)c(N(c4ccccc4)c4ccc(-c5ccccc5)cc4)cc3c2C=C1. The Kier molecular flexibility index (Phi) is 7.26. The van der Waals surface area contributed by atoms with Crippen LogP contribution in [0.1, 0.15) is 11.3 Å². The summed E-state index contributed by atoms with van der Waals surface area (Å²) in [6, 6.07) is 53.3. The van der Waals surface area contributed by atoms with Crippen molar-refractivity contribution in [3.63, 3.8) is 0 Å². The highest BCUT2D eigenvalue weighted by atomic mass is 16.3. The van der Waals surface area contributed by atoms with Crippen LogP contribution in [0.25, 0.3) is 39.3 Å². The second-order valence-electron chi connectivity index (χ2n) is 11.4. The van der Waals surface area contributed by atoms with Crippen molar-refractivity contribution < 1.29 is 4.42 Å². The van der Waals surface area contributed by atoms with E-state index in [-0.39, 0.29) is 0 Å². The van der Waals surface area contributed by atoms with Crippen LogP contribution in [0, 0.1) is 0 Å². The summed E-state index contributed by atoms with van der Waals surface area (Å²) in [6.45, 7) is 0. The molecule has 1 heterocycles. The summed E-state index contributed by atoms with van der Waals surface area (Å²) in [5, 5.41) is 4.88. The average Bonchev–Trinajstić information content (AvgIpc) is 3.30. The molecule has 0 unspecified atom stereocenters. The number of hydrogen-bond acceptors (Lipinski definition) is 3.